The second-order valence-electron chi connectivity index (χ2n) is 6.09. The highest BCUT2D eigenvalue weighted by Gasteiger charge is 2.32. The molecule has 1 N–H and O–H groups in total. The first-order valence-corrected chi connectivity index (χ1v) is 8.46. The van der Waals surface area contributed by atoms with Gasteiger partial charge in [-0.05, 0) is 43.3 Å². The Balaban J connectivity index is 1.59. The first-order valence-electron chi connectivity index (χ1n) is 8.46. The van der Waals surface area contributed by atoms with Crippen LogP contribution in [0.4, 0.5) is 24.5 Å². The summed E-state index contributed by atoms with van der Waals surface area (Å²) in [7, 11) is 0. The third-order valence-corrected chi connectivity index (χ3v) is 4.01. The Bertz CT molecular complexity index is 868. The molecule has 1 heterocycles. The number of carbonyl (C=O) groups excluding carboxylic acids is 2. The maximum absolute atomic E-state index is 12.4. The molecule has 0 aromatic heterocycles. The molecule has 1 aliphatic rings. The van der Waals surface area contributed by atoms with E-state index in [2.05, 4.69) is 10.1 Å². The summed E-state index contributed by atoms with van der Waals surface area (Å²) >= 11 is 0. The van der Waals surface area contributed by atoms with E-state index in [1.54, 1.807) is 31.2 Å². The molecule has 1 atom stereocenters. The standard InChI is InChI=1S/C19H17F3N2O4/c1-12-18(26)24(15-4-2-3-5-16(15)27-12)11-10-17(25)23-13-6-8-14(9-7-13)28-19(20,21)22/h2-9,12H,10-11H2,1H3,(H,23,25). The number of anilines is 2. The zero-order chi connectivity index (χ0) is 20.3. The van der Waals surface area contributed by atoms with Crippen LogP contribution in [0.3, 0.4) is 0 Å². The largest absolute Gasteiger partial charge is 0.573 e. The first kappa shape index (κ1) is 19.5. The van der Waals surface area contributed by atoms with Gasteiger partial charge in [0.05, 0.1) is 5.69 Å². The number of carbonyl (C=O) groups is 2. The lowest BCUT2D eigenvalue weighted by Crippen LogP contribution is -2.45. The first-order chi connectivity index (χ1) is 13.2. The van der Waals surface area contributed by atoms with Crippen LogP contribution >= 0.6 is 0 Å². The van der Waals surface area contributed by atoms with E-state index in [9.17, 15) is 22.8 Å². The quantitative estimate of drug-likeness (QED) is 0.839. The minimum Gasteiger partial charge on any atom is -0.479 e. The number of fused-ring (bicyclic) bond motifs is 1. The van der Waals surface area contributed by atoms with Crippen molar-refractivity contribution < 1.29 is 32.2 Å². The summed E-state index contributed by atoms with van der Waals surface area (Å²) in [6, 6.07) is 11.8. The van der Waals surface area contributed by atoms with Gasteiger partial charge in [0.1, 0.15) is 11.5 Å². The topological polar surface area (TPSA) is 67.9 Å². The molecule has 0 radical (unpaired) electrons. The van der Waals surface area contributed by atoms with Crippen LogP contribution in [0.2, 0.25) is 0 Å². The number of alkyl halides is 3. The van der Waals surface area contributed by atoms with E-state index in [-0.39, 0.29) is 30.5 Å². The lowest BCUT2D eigenvalue weighted by molar-refractivity contribution is -0.274. The number of amides is 2. The zero-order valence-corrected chi connectivity index (χ0v) is 14.8. The molecular weight excluding hydrogens is 377 g/mol. The Morgan fingerprint density at radius 1 is 1.18 bits per heavy atom. The molecule has 2 aromatic rings. The number of nitrogens with zero attached hydrogens (tertiary/aromatic N) is 1. The number of para-hydroxylation sites is 2. The van der Waals surface area contributed by atoms with Crippen LogP contribution in [0.5, 0.6) is 11.5 Å². The van der Waals surface area contributed by atoms with Gasteiger partial charge in [0.15, 0.2) is 6.10 Å². The molecule has 0 bridgehead atoms. The molecule has 0 fully saturated rings. The second kappa shape index (κ2) is 7.79. The fourth-order valence-electron chi connectivity index (χ4n) is 2.77. The van der Waals surface area contributed by atoms with Crippen LogP contribution < -0.4 is 19.7 Å². The van der Waals surface area contributed by atoms with E-state index < -0.39 is 12.5 Å². The Labute approximate surface area is 158 Å². The summed E-state index contributed by atoms with van der Waals surface area (Å²) in [6.07, 6.45) is -5.42. The lowest BCUT2D eigenvalue weighted by Gasteiger charge is -2.32. The maximum atomic E-state index is 12.4. The number of hydrogen-bond acceptors (Lipinski definition) is 4. The van der Waals surface area contributed by atoms with Gasteiger partial charge in [-0.25, -0.2) is 0 Å². The SMILES string of the molecule is CC1Oc2ccccc2N(CCC(=O)Nc2ccc(OC(F)(F)F)cc2)C1=O. The van der Waals surface area contributed by atoms with Crippen molar-refractivity contribution in [2.75, 3.05) is 16.8 Å². The lowest BCUT2D eigenvalue weighted by atomic mass is 10.1. The minimum absolute atomic E-state index is 0.00754. The number of benzene rings is 2. The van der Waals surface area contributed by atoms with Crippen LogP contribution in [0.1, 0.15) is 13.3 Å². The van der Waals surface area contributed by atoms with Crippen molar-refractivity contribution >= 4 is 23.2 Å². The number of hydrogen-bond donors (Lipinski definition) is 1. The number of ether oxygens (including phenoxy) is 2. The number of nitrogens with one attached hydrogen (secondary N) is 1. The predicted octanol–water partition coefficient (Wildman–Crippen LogP) is 3.73. The van der Waals surface area contributed by atoms with Gasteiger partial charge < -0.3 is 19.7 Å². The Hall–Kier alpha value is -3.23. The van der Waals surface area contributed by atoms with Crippen molar-refractivity contribution in [2.45, 2.75) is 25.8 Å². The molecule has 1 unspecified atom stereocenters. The van der Waals surface area contributed by atoms with E-state index in [1.807, 2.05) is 0 Å². The molecule has 2 aromatic carbocycles. The third-order valence-electron chi connectivity index (χ3n) is 4.01. The number of rotatable bonds is 5. The van der Waals surface area contributed by atoms with Crippen LogP contribution in [-0.4, -0.2) is 30.8 Å². The normalized spacial score (nSPS) is 16.2. The van der Waals surface area contributed by atoms with Crippen molar-refractivity contribution in [1.82, 2.24) is 0 Å². The third kappa shape index (κ3) is 4.73. The summed E-state index contributed by atoms with van der Waals surface area (Å²) in [5, 5.41) is 2.58. The maximum Gasteiger partial charge on any atom is 0.573 e. The molecule has 0 saturated carbocycles. The molecular formula is C19H17F3N2O4. The monoisotopic (exact) mass is 394 g/mol. The molecule has 28 heavy (non-hydrogen) atoms. The molecule has 0 saturated heterocycles. The van der Waals surface area contributed by atoms with Crippen molar-refractivity contribution in [3.8, 4) is 11.5 Å². The fraction of sp³-hybridized carbons (Fsp3) is 0.263. The number of halogens is 3. The Morgan fingerprint density at radius 2 is 1.86 bits per heavy atom. The van der Waals surface area contributed by atoms with Gasteiger partial charge in [0, 0.05) is 18.7 Å². The van der Waals surface area contributed by atoms with E-state index in [1.165, 1.54) is 17.0 Å². The van der Waals surface area contributed by atoms with Crippen molar-refractivity contribution in [1.29, 1.82) is 0 Å². The van der Waals surface area contributed by atoms with E-state index in [4.69, 9.17) is 4.74 Å². The summed E-state index contributed by atoms with van der Waals surface area (Å²) in [4.78, 5) is 26.0. The predicted molar refractivity (Wildman–Crippen MR) is 95.3 cm³/mol. The van der Waals surface area contributed by atoms with Gasteiger partial charge in [-0.2, -0.15) is 0 Å². The molecule has 0 aliphatic carbocycles. The van der Waals surface area contributed by atoms with Crippen molar-refractivity contribution in [2.24, 2.45) is 0 Å². The molecule has 0 spiro atoms. The Kier molecular flexibility index (Phi) is 5.43. The molecule has 3 rings (SSSR count). The fourth-order valence-corrected chi connectivity index (χ4v) is 2.77. The molecule has 9 heteroatoms. The zero-order valence-electron chi connectivity index (χ0n) is 14.8. The van der Waals surface area contributed by atoms with Gasteiger partial charge >= 0.3 is 6.36 Å². The molecule has 2 amide bonds. The summed E-state index contributed by atoms with van der Waals surface area (Å²) in [5.41, 5.74) is 0.911. The smallest absolute Gasteiger partial charge is 0.479 e. The second-order valence-corrected chi connectivity index (χ2v) is 6.09. The Morgan fingerprint density at radius 3 is 2.54 bits per heavy atom. The van der Waals surface area contributed by atoms with E-state index in [0.29, 0.717) is 17.1 Å². The van der Waals surface area contributed by atoms with E-state index >= 15 is 0 Å². The van der Waals surface area contributed by atoms with Gasteiger partial charge in [0.25, 0.3) is 5.91 Å². The van der Waals surface area contributed by atoms with E-state index in [0.717, 1.165) is 12.1 Å². The summed E-state index contributed by atoms with van der Waals surface area (Å²) < 4.78 is 45.8. The van der Waals surface area contributed by atoms with Crippen LogP contribution in [-0.2, 0) is 9.59 Å². The van der Waals surface area contributed by atoms with Gasteiger partial charge in [-0.15, -0.1) is 13.2 Å². The molecule has 148 valence electrons. The molecule has 6 nitrogen and oxygen atoms in total. The average Bonchev–Trinajstić information content (AvgIpc) is 2.62. The average molecular weight is 394 g/mol. The van der Waals surface area contributed by atoms with Crippen LogP contribution in [0, 0.1) is 0 Å². The van der Waals surface area contributed by atoms with Crippen molar-refractivity contribution in [3.05, 3.63) is 48.5 Å². The van der Waals surface area contributed by atoms with Gasteiger partial charge in [0.2, 0.25) is 5.91 Å². The summed E-state index contributed by atoms with van der Waals surface area (Å²) in [5.74, 6) is -0.445. The van der Waals surface area contributed by atoms with Gasteiger partial charge in [-0.3, -0.25) is 9.59 Å². The highest BCUT2D eigenvalue weighted by Crippen LogP contribution is 2.33. The summed E-state index contributed by atoms with van der Waals surface area (Å²) in [6.45, 7) is 1.78. The van der Waals surface area contributed by atoms with Crippen molar-refractivity contribution in [3.63, 3.8) is 0 Å². The molecule has 1 aliphatic heterocycles. The van der Waals surface area contributed by atoms with Crippen LogP contribution in [0.25, 0.3) is 0 Å². The minimum atomic E-state index is -4.77. The van der Waals surface area contributed by atoms with Crippen LogP contribution in [0.15, 0.2) is 48.5 Å². The van der Waals surface area contributed by atoms with Gasteiger partial charge in [-0.1, -0.05) is 12.1 Å². The highest BCUT2D eigenvalue weighted by atomic mass is 19.4. The highest BCUT2D eigenvalue weighted by molar-refractivity contribution is 6.00.